The molecule has 1 amide bonds. The molecule has 0 unspecified atom stereocenters. The molecule has 0 aliphatic carbocycles. The van der Waals surface area contributed by atoms with E-state index in [-0.39, 0.29) is 5.91 Å². The van der Waals surface area contributed by atoms with Crippen LogP contribution in [0.1, 0.15) is 34.4 Å². The van der Waals surface area contributed by atoms with Crippen molar-refractivity contribution >= 4 is 16.9 Å². The van der Waals surface area contributed by atoms with Crippen LogP contribution in [0.15, 0.2) is 42.9 Å². The van der Waals surface area contributed by atoms with E-state index in [0.717, 1.165) is 34.5 Å². The average molecular weight is 377 g/mol. The van der Waals surface area contributed by atoms with Crippen molar-refractivity contribution in [2.45, 2.75) is 33.5 Å². The van der Waals surface area contributed by atoms with Crippen molar-refractivity contribution in [3.05, 3.63) is 65.5 Å². The summed E-state index contributed by atoms with van der Waals surface area (Å²) in [5.41, 5.74) is 5.37. The quantitative estimate of drug-likeness (QED) is 0.560. The molecule has 1 aromatic carbocycles. The Balaban J connectivity index is 1.47. The van der Waals surface area contributed by atoms with Crippen molar-refractivity contribution in [1.82, 2.24) is 34.4 Å². The Morgan fingerprint density at radius 2 is 2.11 bits per heavy atom. The van der Waals surface area contributed by atoms with E-state index in [1.54, 1.807) is 24.3 Å². The van der Waals surface area contributed by atoms with E-state index in [4.69, 9.17) is 0 Å². The summed E-state index contributed by atoms with van der Waals surface area (Å²) >= 11 is 0. The van der Waals surface area contributed by atoms with Crippen LogP contribution >= 0.6 is 0 Å². The summed E-state index contributed by atoms with van der Waals surface area (Å²) in [5.74, 6) is -0.123. The molecule has 4 rings (SSSR count). The van der Waals surface area contributed by atoms with Crippen LogP contribution in [0.25, 0.3) is 11.0 Å². The monoisotopic (exact) mass is 377 g/mol. The van der Waals surface area contributed by atoms with Crippen LogP contribution in [-0.4, -0.2) is 47.4 Å². The topological polar surface area (TPSA) is 84.6 Å². The number of nitrogens with zero attached hydrogens (tertiary/aromatic N) is 6. The first kappa shape index (κ1) is 18.0. The zero-order valence-corrected chi connectivity index (χ0v) is 16.3. The molecule has 0 aliphatic rings. The molecule has 0 radical (unpaired) electrons. The number of hydrogen-bond donors (Lipinski definition) is 1. The Bertz CT molecular complexity index is 1120. The number of benzene rings is 1. The number of para-hydroxylation sites is 2. The number of rotatable bonds is 6. The average Bonchev–Trinajstić information content (AvgIpc) is 3.42. The lowest BCUT2D eigenvalue weighted by Crippen LogP contribution is -2.26. The molecule has 8 nitrogen and oxygen atoms in total. The van der Waals surface area contributed by atoms with Gasteiger partial charge in [-0.2, -0.15) is 10.2 Å². The molecular weight excluding hydrogens is 354 g/mol. The molecule has 0 saturated heterocycles. The van der Waals surface area contributed by atoms with Gasteiger partial charge in [0.15, 0.2) is 0 Å². The van der Waals surface area contributed by atoms with Crippen LogP contribution in [0.3, 0.4) is 0 Å². The molecule has 0 saturated carbocycles. The maximum Gasteiger partial charge on any atom is 0.274 e. The van der Waals surface area contributed by atoms with Gasteiger partial charge in [-0.05, 0) is 32.0 Å². The first-order chi connectivity index (χ1) is 13.6. The predicted molar refractivity (Wildman–Crippen MR) is 106 cm³/mol. The van der Waals surface area contributed by atoms with Gasteiger partial charge in [0.2, 0.25) is 0 Å². The Morgan fingerprint density at radius 3 is 2.89 bits per heavy atom. The zero-order chi connectivity index (χ0) is 19.7. The lowest BCUT2D eigenvalue weighted by Gasteiger charge is -2.15. The molecule has 3 aromatic heterocycles. The van der Waals surface area contributed by atoms with Crippen LogP contribution in [-0.2, 0) is 19.6 Å². The lowest BCUT2D eigenvalue weighted by atomic mass is 10.2. The van der Waals surface area contributed by atoms with E-state index in [2.05, 4.69) is 20.3 Å². The van der Waals surface area contributed by atoms with Crippen molar-refractivity contribution in [3.8, 4) is 0 Å². The second-order valence-electron chi connectivity index (χ2n) is 6.87. The van der Waals surface area contributed by atoms with Crippen molar-refractivity contribution in [2.75, 3.05) is 7.05 Å². The molecule has 1 N–H and O–H groups in total. The molecule has 0 spiro atoms. The number of fused-ring (bicyclic) bond motifs is 1. The van der Waals surface area contributed by atoms with Crippen molar-refractivity contribution < 1.29 is 4.79 Å². The molecule has 144 valence electrons. The third kappa shape index (κ3) is 3.28. The first-order valence-corrected chi connectivity index (χ1v) is 9.27. The normalized spacial score (nSPS) is 11.2. The molecule has 4 aromatic rings. The molecule has 3 heterocycles. The van der Waals surface area contributed by atoms with Crippen LogP contribution in [0.5, 0.6) is 0 Å². The standard InChI is InChI=1S/C20H23N7O/c1-4-27-14(2)15(10-22-27)11-25(3)20(28)18-9-16(23-24-18)12-26-13-21-17-7-5-6-8-19(17)26/h5-10,13H,4,11-12H2,1-3H3,(H,23,24). The van der Waals surface area contributed by atoms with Gasteiger partial charge in [-0.25, -0.2) is 4.98 Å². The van der Waals surface area contributed by atoms with Gasteiger partial charge in [0, 0.05) is 31.4 Å². The number of aromatic amines is 1. The van der Waals surface area contributed by atoms with Crippen LogP contribution < -0.4 is 0 Å². The lowest BCUT2D eigenvalue weighted by molar-refractivity contribution is 0.0779. The van der Waals surface area contributed by atoms with Gasteiger partial charge in [0.25, 0.3) is 5.91 Å². The van der Waals surface area contributed by atoms with E-state index in [0.29, 0.717) is 18.8 Å². The SMILES string of the molecule is CCn1ncc(CN(C)C(=O)c2cc(Cn3cnc4ccccc43)[nH]n2)c1C. The third-order valence-electron chi connectivity index (χ3n) is 4.98. The Hall–Kier alpha value is -3.42. The Kier molecular flexibility index (Phi) is 4.68. The highest BCUT2D eigenvalue weighted by Gasteiger charge is 2.18. The van der Waals surface area contributed by atoms with Crippen molar-refractivity contribution in [3.63, 3.8) is 0 Å². The first-order valence-electron chi connectivity index (χ1n) is 9.27. The summed E-state index contributed by atoms with van der Waals surface area (Å²) < 4.78 is 3.96. The van der Waals surface area contributed by atoms with Crippen LogP contribution in [0, 0.1) is 6.92 Å². The van der Waals surface area contributed by atoms with Gasteiger partial charge in [-0.1, -0.05) is 12.1 Å². The van der Waals surface area contributed by atoms with Gasteiger partial charge >= 0.3 is 0 Å². The Morgan fingerprint density at radius 1 is 1.29 bits per heavy atom. The number of aromatic nitrogens is 6. The number of nitrogens with one attached hydrogen (secondary N) is 1. The fourth-order valence-corrected chi connectivity index (χ4v) is 3.35. The van der Waals surface area contributed by atoms with E-state index in [1.165, 1.54) is 0 Å². The molecule has 0 atom stereocenters. The Labute approximate surface area is 162 Å². The van der Waals surface area contributed by atoms with Gasteiger partial charge in [-0.15, -0.1) is 0 Å². The number of amides is 1. The molecule has 0 fully saturated rings. The minimum Gasteiger partial charge on any atom is -0.336 e. The second kappa shape index (κ2) is 7.30. The summed E-state index contributed by atoms with van der Waals surface area (Å²) in [7, 11) is 1.78. The second-order valence-corrected chi connectivity index (χ2v) is 6.87. The van der Waals surface area contributed by atoms with Gasteiger partial charge in [0.05, 0.1) is 35.8 Å². The van der Waals surface area contributed by atoms with E-state index in [9.17, 15) is 4.79 Å². The number of H-pyrrole nitrogens is 1. The maximum atomic E-state index is 12.8. The number of imidazole rings is 1. The maximum absolute atomic E-state index is 12.8. The molecule has 28 heavy (non-hydrogen) atoms. The summed E-state index contributed by atoms with van der Waals surface area (Å²) in [6, 6.07) is 9.76. The number of aryl methyl sites for hydroxylation is 1. The fraction of sp³-hybridized carbons (Fsp3) is 0.300. The number of carbonyl (C=O) groups excluding carboxylic acids is 1. The van der Waals surface area contributed by atoms with Gasteiger partial charge in [-0.3, -0.25) is 14.6 Å². The highest BCUT2D eigenvalue weighted by molar-refractivity contribution is 5.92. The number of carbonyl (C=O) groups is 1. The van der Waals surface area contributed by atoms with Crippen molar-refractivity contribution in [2.24, 2.45) is 0 Å². The number of hydrogen-bond acceptors (Lipinski definition) is 4. The minimum absolute atomic E-state index is 0.123. The highest BCUT2D eigenvalue weighted by atomic mass is 16.2. The van der Waals surface area contributed by atoms with E-state index < -0.39 is 0 Å². The fourth-order valence-electron chi connectivity index (χ4n) is 3.35. The predicted octanol–water partition coefficient (Wildman–Crippen LogP) is 2.60. The summed E-state index contributed by atoms with van der Waals surface area (Å²) in [4.78, 5) is 18.8. The third-order valence-corrected chi connectivity index (χ3v) is 4.98. The summed E-state index contributed by atoms with van der Waals surface area (Å²) in [5, 5.41) is 11.5. The van der Waals surface area contributed by atoms with Crippen molar-refractivity contribution in [1.29, 1.82) is 0 Å². The molecule has 0 aliphatic heterocycles. The summed E-state index contributed by atoms with van der Waals surface area (Å²) in [6.45, 7) is 5.96. The molecule has 0 bridgehead atoms. The minimum atomic E-state index is -0.123. The van der Waals surface area contributed by atoms with E-state index >= 15 is 0 Å². The highest BCUT2D eigenvalue weighted by Crippen LogP contribution is 2.15. The smallest absolute Gasteiger partial charge is 0.274 e. The van der Waals surface area contributed by atoms with Gasteiger partial charge in [0.1, 0.15) is 5.69 Å². The van der Waals surface area contributed by atoms with Crippen LogP contribution in [0.2, 0.25) is 0 Å². The van der Waals surface area contributed by atoms with E-state index in [1.807, 2.05) is 53.6 Å². The largest absolute Gasteiger partial charge is 0.336 e. The molecular formula is C20H23N7O. The van der Waals surface area contributed by atoms with Crippen LogP contribution in [0.4, 0.5) is 0 Å². The zero-order valence-electron chi connectivity index (χ0n) is 16.3. The van der Waals surface area contributed by atoms with Gasteiger partial charge < -0.3 is 9.47 Å². The molecule has 8 heteroatoms. The summed E-state index contributed by atoms with van der Waals surface area (Å²) in [6.07, 6.45) is 3.62.